The maximum absolute atomic E-state index is 12.5. The summed E-state index contributed by atoms with van der Waals surface area (Å²) in [6, 6.07) is 16.3. The topological polar surface area (TPSA) is 79.4 Å². The zero-order valence-corrected chi connectivity index (χ0v) is 16.0. The Balaban J connectivity index is 1.50. The van der Waals surface area contributed by atoms with Crippen molar-refractivity contribution in [1.82, 2.24) is 9.88 Å². The molecule has 1 N–H and O–H groups in total. The number of nitrogens with zero attached hydrogens (tertiary/aromatic N) is 2. The van der Waals surface area contributed by atoms with Gasteiger partial charge in [-0.05, 0) is 18.6 Å². The van der Waals surface area contributed by atoms with Crippen LogP contribution in [-0.2, 0) is 11.2 Å². The van der Waals surface area contributed by atoms with E-state index in [0.29, 0.717) is 16.3 Å². The molecule has 0 aliphatic carbocycles. The van der Waals surface area contributed by atoms with Gasteiger partial charge in [0.05, 0.1) is 16.8 Å². The van der Waals surface area contributed by atoms with E-state index >= 15 is 0 Å². The first kappa shape index (κ1) is 18.1. The van der Waals surface area contributed by atoms with Gasteiger partial charge in [0.15, 0.2) is 5.13 Å². The molecule has 3 amide bonds. The number of aromatic nitrogens is 1. The van der Waals surface area contributed by atoms with Gasteiger partial charge in [-0.2, -0.15) is 0 Å². The second-order valence-electron chi connectivity index (χ2n) is 6.30. The van der Waals surface area contributed by atoms with E-state index in [4.69, 9.17) is 0 Å². The highest BCUT2D eigenvalue weighted by atomic mass is 32.1. The van der Waals surface area contributed by atoms with Crippen LogP contribution in [0.1, 0.15) is 32.5 Å². The lowest BCUT2D eigenvalue weighted by atomic mass is 10.1. The van der Waals surface area contributed by atoms with Crippen LogP contribution in [0.5, 0.6) is 0 Å². The number of fused-ring (bicyclic) bond motifs is 1. The van der Waals surface area contributed by atoms with Crippen LogP contribution < -0.4 is 5.32 Å². The van der Waals surface area contributed by atoms with Gasteiger partial charge in [-0.3, -0.25) is 19.3 Å². The van der Waals surface area contributed by atoms with Crippen molar-refractivity contribution in [1.29, 1.82) is 0 Å². The number of hydrogen-bond acceptors (Lipinski definition) is 5. The van der Waals surface area contributed by atoms with Gasteiger partial charge in [0.25, 0.3) is 11.8 Å². The number of carbonyl (C=O) groups is 3. The average Bonchev–Trinajstić information content (AvgIpc) is 3.23. The Bertz CT molecular complexity index is 1040. The van der Waals surface area contributed by atoms with Gasteiger partial charge in [-0.25, -0.2) is 4.98 Å². The third-order valence-corrected chi connectivity index (χ3v) is 5.61. The minimum absolute atomic E-state index is 0.328. The summed E-state index contributed by atoms with van der Waals surface area (Å²) in [5.41, 5.74) is 2.48. The van der Waals surface area contributed by atoms with Crippen LogP contribution in [0.2, 0.25) is 0 Å². The van der Waals surface area contributed by atoms with Crippen LogP contribution in [-0.4, -0.2) is 34.2 Å². The molecule has 0 saturated carbocycles. The minimum Gasteiger partial charge on any atom is -0.300 e. The Morgan fingerprint density at radius 1 is 1.00 bits per heavy atom. The molecule has 0 saturated heterocycles. The van der Waals surface area contributed by atoms with Gasteiger partial charge < -0.3 is 5.32 Å². The molecule has 0 unspecified atom stereocenters. The number of hydrogen-bond donors (Lipinski definition) is 1. The van der Waals surface area contributed by atoms with Crippen LogP contribution in [0.3, 0.4) is 0 Å². The fourth-order valence-electron chi connectivity index (χ4n) is 3.15. The first-order valence-electron chi connectivity index (χ1n) is 8.88. The number of rotatable bonds is 5. The summed E-state index contributed by atoms with van der Waals surface area (Å²) in [4.78, 5) is 43.8. The third-order valence-electron chi connectivity index (χ3n) is 4.49. The van der Waals surface area contributed by atoms with Gasteiger partial charge in [0, 0.05) is 10.4 Å². The molecule has 0 atom stereocenters. The summed E-state index contributed by atoms with van der Waals surface area (Å²) in [5, 5.41) is 3.18. The molecule has 0 fully saturated rings. The van der Waals surface area contributed by atoms with Crippen molar-refractivity contribution in [2.75, 3.05) is 11.9 Å². The highest BCUT2D eigenvalue weighted by molar-refractivity contribution is 7.16. The number of anilines is 1. The lowest BCUT2D eigenvalue weighted by Gasteiger charge is -2.12. The van der Waals surface area contributed by atoms with Crippen molar-refractivity contribution in [2.45, 2.75) is 13.3 Å². The van der Waals surface area contributed by atoms with E-state index in [0.717, 1.165) is 27.5 Å². The average molecular weight is 391 g/mol. The Morgan fingerprint density at radius 2 is 1.61 bits per heavy atom. The molecular formula is C21H17N3O3S. The smallest absolute Gasteiger partial charge is 0.262 e. The molecule has 2 heterocycles. The molecule has 1 aromatic heterocycles. The molecule has 2 aromatic carbocycles. The molecular weight excluding hydrogens is 374 g/mol. The van der Waals surface area contributed by atoms with E-state index in [9.17, 15) is 14.4 Å². The Kier molecular flexibility index (Phi) is 4.75. The number of imide groups is 1. The predicted octanol–water partition coefficient (Wildman–Crippen LogP) is 3.61. The van der Waals surface area contributed by atoms with Crippen molar-refractivity contribution in [3.8, 4) is 11.3 Å². The largest absolute Gasteiger partial charge is 0.300 e. The van der Waals surface area contributed by atoms with Crippen LogP contribution >= 0.6 is 11.3 Å². The van der Waals surface area contributed by atoms with Crippen molar-refractivity contribution in [2.24, 2.45) is 0 Å². The highest BCUT2D eigenvalue weighted by Crippen LogP contribution is 2.31. The van der Waals surface area contributed by atoms with Gasteiger partial charge in [0.2, 0.25) is 5.91 Å². The number of aryl methyl sites for hydroxylation is 1. The Morgan fingerprint density at radius 3 is 2.21 bits per heavy atom. The zero-order chi connectivity index (χ0) is 19.7. The van der Waals surface area contributed by atoms with Gasteiger partial charge in [-0.15, -0.1) is 11.3 Å². The second-order valence-corrected chi connectivity index (χ2v) is 7.38. The number of benzene rings is 2. The summed E-state index contributed by atoms with van der Waals surface area (Å²) in [7, 11) is 0. The predicted molar refractivity (Wildman–Crippen MR) is 107 cm³/mol. The lowest BCUT2D eigenvalue weighted by Crippen LogP contribution is -2.37. The van der Waals surface area contributed by atoms with Crippen molar-refractivity contribution < 1.29 is 14.4 Å². The molecule has 6 nitrogen and oxygen atoms in total. The van der Waals surface area contributed by atoms with Crippen LogP contribution in [0.15, 0.2) is 54.6 Å². The van der Waals surface area contributed by atoms with Crippen molar-refractivity contribution in [3.05, 3.63) is 70.6 Å². The summed E-state index contributed by atoms with van der Waals surface area (Å²) in [6.07, 6.45) is 0.788. The molecule has 140 valence electrons. The van der Waals surface area contributed by atoms with Gasteiger partial charge in [-0.1, -0.05) is 49.4 Å². The molecule has 3 aromatic rings. The molecule has 0 radical (unpaired) electrons. The number of carbonyl (C=O) groups excluding carboxylic acids is 3. The van der Waals surface area contributed by atoms with E-state index in [-0.39, 0.29) is 6.54 Å². The minimum atomic E-state index is -0.453. The van der Waals surface area contributed by atoms with Gasteiger partial charge in [0.1, 0.15) is 6.54 Å². The molecule has 7 heteroatoms. The SMILES string of the molecule is CCc1sc(NC(=O)CN2C(=O)c3ccccc3C2=O)nc1-c1ccccc1. The third kappa shape index (κ3) is 3.20. The fraction of sp³-hybridized carbons (Fsp3) is 0.143. The lowest BCUT2D eigenvalue weighted by molar-refractivity contribution is -0.116. The molecule has 0 spiro atoms. The maximum Gasteiger partial charge on any atom is 0.262 e. The number of thiazole rings is 1. The van der Waals surface area contributed by atoms with E-state index in [1.807, 2.05) is 37.3 Å². The summed E-state index contributed by atoms with van der Waals surface area (Å²) < 4.78 is 0. The second kappa shape index (κ2) is 7.36. The molecule has 4 rings (SSSR count). The monoisotopic (exact) mass is 391 g/mol. The Labute approximate surface area is 165 Å². The summed E-state index contributed by atoms with van der Waals surface area (Å²) in [6.45, 7) is 1.69. The first-order valence-corrected chi connectivity index (χ1v) is 9.70. The van der Waals surface area contributed by atoms with Crippen molar-refractivity contribution in [3.63, 3.8) is 0 Å². The van der Waals surface area contributed by atoms with Crippen LogP contribution in [0.25, 0.3) is 11.3 Å². The fourth-order valence-corrected chi connectivity index (χ4v) is 4.09. The van der Waals surface area contributed by atoms with Crippen LogP contribution in [0.4, 0.5) is 5.13 Å². The first-order chi connectivity index (χ1) is 13.6. The maximum atomic E-state index is 12.5. The molecule has 28 heavy (non-hydrogen) atoms. The van der Waals surface area contributed by atoms with Crippen LogP contribution in [0, 0.1) is 0 Å². The molecule has 0 bridgehead atoms. The summed E-state index contributed by atoms with van der Waals surface area (Å²) >= 11 is 1.40. The van der Waals surface area contributed by atoms with E-state index in [1.54, 1.807) is 24.3 Å². The number of nitrogens with one attached hydrogen (secondary N) is 1. The summed E-state index contributed by atoms with van der Waals surface area (Å²) in [5.74, 6) is -1.35. The van der Waals surface area contributed by atoms with E-state index in [2.05, 4.69) is 10.3 Å². The van der Waals surface area contributed by atoms with Gasteiger partial charge >= 0.3 is 0 Å². The number of amides is 3. The zero-order valence-electron chi connectivity index (χ0n) is 15.1. The van der Waals surface area contributed by atoms with Crippen molar-refractivity contribution >= 4 is 34.2 Å². The molecule has 1 aliphatic heterocycles. The quantitative estimate of drug-likeness (QED) is 0.674. The van der Waals surface area contributed by atoms with E-state index in [1.165, 1.54) is 11.3 Å². The van der Waals surface area contributed by atoms with E-state index < -0.39 is 17.7 Å². The Hall–Kier alpha value is -3.32. The molecule has 1 aliphatic rings. The highest BCUT2D eigenvalue weighted by Gasteiger charge is 2.36. The normalized spacial score (nSPS) is 13.0. The standard InChI is InChI=1S/C21H17N3O3S/c1-2-16-18(13-8-4-3-5-9-13)23-21(28-16)22-17(25)12-24-19(26)14-10-6-7-11-15(14)20(24)27/h3-11H,2,12H2,1H3,(H,22,23,25).